The molecule has 0 saturated heterocycles. The van der Waals surface area contributed by atoms with Crippen LogP contribution < -0.4 is 5.73 Å². The Morgan fingerprint density at radius 3 is 2.86 bits per heavy atom. The Morgan fingerprint density at radius 1 is 1.43 bits per heavy atom. The normalized spacial score (nSPS) is 9.64. The summed E-state index contributed by atoms with van der Waals surface area (Å²) >= 11 is 0. The van der Waals surface area contributed by atoms with Gasteiger partial charge in [-0.15, -0.1) is 0 Å². The Morgan fingerprint density at radius 2 is 2.29 bits per heavy atom. The zero-order chi connectivity index (χ0) is 9.97. The van der Waals surface area contributed by atoms with Crippen molar-refractivity contribution in [3.8, 4) is 11.8 Å². The quantitative estimate of drug-likeness (QED) is 0.680. The molecule has 2 rings (SSSR count). The van der Waals surface area contributed by atoms with E-state index in [1.165, 1.54) is 0 Å². The maximum Gasteiger partial charge on any atom is 0.0992 e. The molecule has 14 heavy (non-hydrogen) atoms. The average molecular weight is 184 g/mol. The van der Waals surface area contributed by atoms with Gasteiger partial charge in [0, 0.05) is 12.4 Å². The summed E-state index contributed by atoms with van der Waals surface area (Å²) in [4.78, 5) is 0. The first-order valence-electron chi connectivity index (χ1n) is 4.11. The molecular formula is C10H8N4. The lowest BCUT2D eigenvalue weighted by molar-refractivity contribution is 0.883. The molecule has 0 aliphatic rings. The first kappa shape index (κ1) is 8.32. The average Bonchev–Trinajstić information content (AvgIpc) is 2.70. The van der Waals surface area contributed by atoms with E-state index in [0.29, 0.717) is 11.3 Å². The molecule has 0 aliphatic heterocycles. The second-order valence-electron chi connectivity index (χ2n) is 2.84. The molecule has 2 aromatic rings. The lowest BCUT2D eigenvalue weighted by Crippen LogP contribution is -2.00. The molecule has 2 N–H and O–H groups in total. The fourth-order valence-electron chi connectivity index (χ4n) is 1.24. The minimum atomic E-state index is 0.549. The molecule has 68 valence electrons. The van der Waals surface area contributed by atoms with Crippen molar-refractivity contribution in [1.29, 1.82) is 5.26 Å². The summed E-state index contributed by atoms with van der Waals surface area (Å²) in [6.07, 6.45) is 3.48. The molecule has 0 saturated carbocycles. The molecule has 0 spiro atoms. The van der Waals surface area contributed by atoms with Crippen LogP contribution in [0.2, 0.25) is 0 Å². The molecule has 1 aromatic carbocycles. The predicted molar refractivity (Wildman–Crippen MR) is 52.7 cm³/mol. The van der Waals surface area contributed by atoms with Gasteiger partial charge < -0.3 is 5.73 Å². The monoisotopic (exact) mass is 184 g/mol. The largest absolute Gasteiger partial charge is 0.397 e. The van der Waals surface area contributed by atoms with Crippen LogP contribution in [0.5, 0.6) is 0 Å². The number of nitriles is 1. The standard InChI is InChI=1S/C10H8N4/c11-7-8-2-3-10(9(12)6-8)14-5-1-4-13-14/h1-6H,12H2. The van der Waals surface area contributed by atoms with E-state index in [2.05, 4.69) is 5.10 Å². The Hall–Kier alpha value is -2.28. The van der Waals surface area contributed by atoms with E-state index in [-0.39, 0.29) is 0 Å². The number of nitrogens with two attached hydrogens (primary N) is 1. The smallest absolute Gasteiger partial charge is 0.0992 e. The van der Waals surface area contributed by atoms with Gasteiger partial charge in [0.2, 0.25) is 0 Å². The van der Waals surface area contributed by atoms with Crippen LogP contribution in [0.15, 0.2) is 36.7 Å². The molecule has 0 amide bonds. The van der Waals surface area contributed by atoms with Crippen LogP contribution in [0.25, 0.3) is 5.69 Å². The number of hydrogen-bond acceptors (Lipinski definition) is 3. The number of rotatable bonds is 1. The van der Waals surface area contributed by atoms with Crippen LogP contribution in [0.4, 0.5) is 5.69 Å². The Bertz CT molecular complexity index is 479. The molecule has 1 heterocycles. The number of benzene rings is 1. The third-order valence-electron chi connectivity index (χ3n) is 1.91. The maximum absolute atomic E-state index is 8.66. The Kier molecular flexibility index (Phi) is 1.92. The summed E-state index contributed by atoms with van der Waals surface area (Å²) in [7, 11) is 0. The zero-order valence-electron chi connectivity index (χ0n) is 7.38. The number of anilines is 1. The van der Waals surface area contributed by atoms with Gasteiger partial charge in [-0.05, 0) is 24.3 Å². The topological polar surface area (TPSA) is 67.6 Å². The van der Waals surface area contributed by atoms with Crippen LogP contribution in [0, 0.1) is 11.3 Å². The molecule has 4 nitrogen and oxygen atoms in total. The van der Waals surface area contributed by atoms with Gasteiger partial charge in [0.1, 0.15) is 0 Å². The van der Waals surface area contributed by atoms with E-state index < -0.39 is 0 Å². The third kappa shape index (κ3) is 1.31. The highest BCUT2D eigenvalue weighted by molar-refractivity contribution is 5.60. The van der Waals surface area contributed by atoms with Crippen LogP contribution in [-0.4, -0.2) is 9.78 Å². The van der Waals surface area contributed by atoms with E-state index in [1.54, 1.807) is 35.3 Å². The molecule has 0 fully saturated rings. The highest BCUT2D eigenvalue weighted by Gasteiger charge is 2.02. The molecule has 1 aromatic heterocycles. The highest BCUT2D eigenvalue weighted by atomic mass is 15.3. The fourth-order valence-corrected chi connectivity index (χ4v) is 1.24. The van der Waals surface area contributed by atoms with Crippen molar-refractivity contribution in [2.24, 2.45) is 0 Å². The van der Waals surface area contributed by atoms with Crippen molar-refractivity contribution in [3.05, 3.63) is 42.2 Å². The summed E-state index contributed by atoms with van der Waals surface area (Å²) < 4.78 is 1.66. The van der Waals surface area contributed by atoms with Crippen molar-refractivity contribution in [3.63, 3.8) is 0 Å². The lowest BCUT2D eigenvalue weighted by atomic mass is 10.2. The van der Waals surface area contributed by atoms with Gasteiger partial charge in [0.15, 0.2) is 0 Å². The maximum atomic E-state index is 8.66. The first-order valence-corrected chi connectivity index (χ1v) is 4.11. The lowest BCUT2D eigenvalue weighted by Gasteiger charge is -2.04. The van der Waals surface area contributed by atoms with E-state index in [0.717, 1.165) is 5.69 Å². The number of hydrogen-bond donors (Lipinski definition) is 1. The zero-order valence-corrected chi connectivity index (χ0v) is 7.38. The molecule has 0 bridgehead atoms. The van der Waals surface area contributed by atoms with Gasteiger partial charge in [-0.1, -0.05) is 0 Å². The second kappa shape index (κ2) is 3.23. The van der Waals surface area contributed by atoms with Gasteiger partial charge in [-0.2, -0.15) is 10.4 Å². The summed E-state index contributed by atoms with van der Waals surface area (Å²) in [5, 5.41) is 12.7. The van der Waals surface area contributed by atoms with E-state index in [4.69, 9.17) is 11.0 Å². The van der Waals surface area contributed by atoms with E-state index in [1.807, 2.05) is 12.1 Å². The van der Waals surface area contributed by atoms with Gasteiger partial charge in [0.05, 0.1) is 23.0 Å². The molecule has 4 heteroatoms. The number of nitrogens with zero attached hydrogens (tertiary/aromatic N) is 3. The molecule has 0 radical (unpaired) electrons. The predicted octanol–water partition coefficient (Wildman–Crippen LogP) is 1.33. The van der Waals surface area contributed by atoms with Gasteiger partial charge in [0.25, 0.3) is 0 Å². The van der Waals surface area contributed by atoms with Crippen LogP contribution >= 0.6 is 0 Å². The van der Waals surface area contributed by atoms with E-state index in [9.17, 15) is 0 Å². The summed E-state index contributed by atoms with van der Waals surface area (Å²) in [6, 6.07) is 8.98. The molecule has 0 aliphatic carbocycles. The molecule has 0 unspecified atom stereocenters. The van der Waals surface area contributed by atoms with Crippen molar-refractivity contribution in [2.75, 3.05) is 5.73 Å². The van der Waals surface area contributed by atoms with E-state index >= 15 is 0 Å². The van der Waals surface area contributed by atoms with Crippen molar-refractivity contribution in [2.45, 2.75) is 0 Å². The summed E-state index contributed by atoms with van der Waals surface area (Å²) in [5.74, 6) is 0. The van der Waals surface area contributed by atoms with Gasteiger partial charge >= 0.3 is 0 Å². The van der Waals surface area contributed by atoms with Crippen LogP contribution in [-0.2, 0) is 0 Å². The van der Waals surface area contributed by atoms with Crippen LogP contribution in [0.1, 0.15) is 5.56 Å². The minimum Gasteiger partial charge on any atom is -0.397 e. The third-order valence-corrected chi connectivity index (χ3v) is 1.91. The fraction of sp³-hybridized carbons (Fsp3) is 0. The Balaban J connectivity index is 2.52. The summed E-state index contributed by atoms with van der Waals surface area (Å²) in [6.45, 7) is 0. The van der Waals surface area contributed by atoms with Crippen molar-refractivity contribution < 1.29 is 0 Å². The molecule has 0 atom stereocenters. The SMILES string of the molecule is N#Cc1ccc(-n2cccn2)c(N)c1. The van der Waals surface area contributed by atoms with Crippen LogP contribution in [0.3, 0.4) is 0 Å². The molecular weight excluding hydrogens is 176 g/mol. The first-order chi connectivity index (χ1) is 6.81. The highest BCUT2D eigenvalue weighted by Crippen LogP contribution is 2.17. The van der Waals surface area contributed by atoms with Crippen molar-refractivity contribution in [1.82, 2.24) is 9.78 Å². The van der Waals surface area contributed by atoms with Gasteiger partial charge in [-0.3, -0.25) is 0 Å². The second-order valence-corrected chi connectivity index (χ2v) is 2.84. The number of aromatic nitrogens is 2. The minimum absolute atomic E-state index is 0.549. The van der Waals surface area contributed by atoms with Crippen molar-refractivity contribution >= 4 is 5.69 Å². The number of nitrogen functional groups attached to an aromatic ring is 1. The summed E-state index contributed by atoms with van der Waals surface area (Å²) in [5.41, 5.74) is 7.67. The Labute approximate surface area is 81.2 Å². The van der Waals surface area contributed by atoms with Gasteiger partial charge in [-0.25, -0.2) is 4.68 Å².